The first kappa shape index (κ1) is 9.73. The maximum Gasteiger partial charge on any atom is 0.209 e. The van der Waals surface area contributed by atoms with Crippen molar-refractivity contribution in [2.24, 2.45) is 0 Å². The van der Waals surface area contributed by atoms with Gasteiger partial charge in [0.05, 0.1) is 0 Å². The van der Waals surface area contributed by atoms with Crippen LogP contribution in [0.4, 0.5) is 4.39 Å². The van der Waals surface area contributed by atoms with Gasteiger partial charge >= 0.3 is 0 Å². The van der Waals surface area contributed by atoms with E-state index in [-0.39, 0.29) is 5.82 Å². The summed E-state index contributed by atoms with van der Waals surface area (Å²) in [5, 5.41) is 0.792. The summed E-state index contributed by atoms with van der Waals surface area (Å²) in [5.74, 6) is -0.197. The smallest absolute Gasteiger partial charge is 0.209 e. The first-order valence-electron chi connectivity index (χ1n) is 3.92. The van der Waals surface area contributed by atoms with E-state index in [4.69, 9.17) is 0 Å². The predicted octanol–water partition coefficient (Wildman–Crippen LogP) is 3.42. The highest BCUT2D eigenvalue weighted by atomic mass is 79.9. The SMILES string of the molecule is Cc1cc(-c2nc(Br)ns2)ccc1F. The zero-order chi connectivity index (χ0) is 10.1. The molecule has 72 valence electrons. The van der Waals surface area contributed by atoms with Crippen molar-refractivity contribution in [3.63, 3.8) is 0 Å². The van der Waals surface area contributed by atoms with Crippen molar-refractivity contribution >= 4 is 27.5 Å². The quantitative estimate of drug-likeness (QED) is 0.795. The van der Waals surface area contributed by atoms with Crippen LogP contribution in [0.1, 0.15) is 5.56 Å². The molecule has 1 aromatic heterocycles. The summed E-state index contributed by atoms with van der Waals surface area (Å²) in [6.07, 6.45) is 0. The van der Waals surface area contributed by atoms with Crippen molar-refractivity contribution in [2.45, 2.75) is 6.92 Å². The molecule has 0 unspecified atom stereocenters. The normalized spacial score (nSPS) is 10.5. The molecular formula is C9H6BrFN2S. The fourth-order valence-corrected chi connectivity index (χ4v) is 2.17. The molecule has 0 saturated heterocycles. The first-order chi connectivity index (χ1) is 6.66. The lowest BCUT2D eigenvalue weighted by atomic mass is 10.1. The minimum atomic E-state index is -0.197. The van der Waals surface area contributed by atoms with Crippen LogP contribution < -0.4 is 0 Å². The summed E-state index contributed by atoms with van der Waals surface area (Å²) in [6, 6.07) is 4.91. The zero-order valence-corrected chi connectivity index (χ0v) is 9.69. The van der Waals surface area contributed by atoms with E-state index in [2.05, 4.69) is 25.3 Å². The summed E-state index contributed by atoms with van der Waals surface area (Å²) < 4.78 is 17.5. The largest absolute Gasteiger partial charge is 0.209 e. The lowest BCUT2D eigenvalue weighted by Crippen LogP contribution is -1.83. The molecule has 0 spiro atoms. The predicted molar refractivity (Wildman–Crippen MR) is 57.7 cm³/mol. The number of hydrogen-bond acceptors (Lipinski definition) is 3. The van der Waals surface area contributed by atoms with Gasteiger partial charge in [0.2, 0.25) is 4.73 Å². The summed E-state index contributed by atoms with van der Waals surface area (Å²) in [6.45, 7) is 1.73. The lowest BCUT2D eigenvalue weighted by molar-refractivity contribution is 0.619. The minimum absolute atomic E-state index is 0.197. The average Bonchev–Trinajstić information content (AvgIpc) is 2.57. The Bertz CT molecular complexity index is 470. The van der Waals surface area contributed by atoms with Crippen molar-refractivity contribution < 1.29 is 4.39 Å². The van der Waals surface area contributed by atoms with E-state index in [0.29, 0.717) is 10.3 Å². The van der Waals surface area contributed by atoms with Gasteiger partial charge in [0, 0.05) is 5.56 Å². The number of benzene rings is 1. The van der Waals surface area contributed by atoms with Crippen molar-refractivity contribution in [1.82, 2.24) is 9.36 Å². The van der Waals surface area contributed by atoms with Crippen molar-refractivity contribution in [3.05, 3.63) is 34.3 Å². The average molecular weight is 273 g/mol. The molecule has 2 aromatic rings. The molecular weight excluding hydrogens is 267 g/mol. The molecule has 5 heteroatoms. The van der Waals surface area contributed by atoms with Gasteiger partial charge in [-0.15, -0.1) is 0 Å². The second kappa shape index (κ2) is 3.74. The van der Waals surface area contributed by atoms with Crippen LogP contribution in [-0.4, -0.2) is 9.36 Å². The zero-order valence-electron chi connectivity index (χ0n) is 7.29. The van der Waals surface area contributed by atoms with Crippen LogP contribution in [0.5, 0.6) is 0 Å². The molecule has 0 fully saturated rings. The van der Waals surface area contributed by atoms with Crippen LogP contribution >= 0.6 is 27.5 Å². The molecule has 0 atom stereocenters. The summed E-state index contributed by atoms with van der Waals surface area (Å²) in [4.78, 5) is 4.15. The Hall–Kier alpha value is -0.810. The first-order valence-corrected chi connectivity index (χ1v) is 5.49. The summed E-state index contributed by atoms with van der Waals surface area (Å²) in [5.41, 5.74) is 1.51. The molecule has 1 heterocycles. The Balaban J connectivity index is 2.47. The third kappa shape index (κ3) is 1.83. The van der Waals surface area contributed by atoms with Gasteiger partial charge in [-0.2, -0.15) is 4.37 Å². The maximum absolute atomic E-state index is 13.0. The van der Waals surface area contributed by atoms with E-state index in [0.717, 1.165) is 10.6 Å². The molecule has 0 aliphatic heterocycles. The molecule has 0 radical (unpaired) electrons. The van der Waals surface area contributed by atoms with E-state index >= 15 is 0 Å². The van der Waals surface area contributed by atoms with Gasteiger partial charge in [-0.05, 0) is 58.1 Å². The summed E-state index contributed by atoms with van der Waals surface area (Å²) in [7, 11) is 0. The fraction of sp³-hybridized carbons (Fsp3) is 0.111. The third-order valence-electron chi connectivity index (χ3n) is 1.81. The van der Waals surface area contributed by atoms with Gasteiger partial charge in [0.15, 0.2) is 0 Å². The van der Waals surface area contributed by atoms with E-state index in [1.54, 1.807) is 19.1 Å². The molecule has 0 N–H and O–H groups in total. The number of aryl methyl sites for hydroxylation is 1. The molecule has 14 heavy (non-hydrogen) atoms. The van der Waals surface area contributed by atoms with Gasteiger partial charge in [-0.3, -0.25) is 0 Å². The standard InChI is InChI=1S/C9H6BrFN2S/c1-5-4-6(2-3-7(5)11)8-12-9(10)13-14-8/h2-4H,1H3. The van der Waals surface area contributed by atoms with Crippen molar-refractivity contribution in [3.8, 4) is 10.6 Å². The number of aromatic nitrogens is 2. The van der Waals surface area contributed by atoms with E-state index in [9.17, 15) is 4.39 Å². The maximum atomic E-state index is 13.0. The van der Waals surface area contributed by atoms with Crippen molar-refractivity contribution in [1.29, 1.82) is 0 Å². The second-order valence-corrected chi connectivity index (χ2v) is 4.29. The molecule has 0 amide bonds. The van der Waals surface area contributed by atoms with Gasteiger partial charge in [-0.25, -0.2) is 9.37 Å². The van der Waals surface area contributed by atoms with Crippen LogP contribution in [0.2, 0.25) is 0 Å². The Morgan fingerprint density at radius 3 is 2.79 bits per heavy atom. The Morgan fingerprint density at radius 2 is 2.21 bits per heavy atom. The highest BCUT2D eigenvalue weighted by Gasteiger charge is 2.06. The fourth-order valence-electron chi connectivity index (χ4n) is 1.10. The van der Waals surface area contributed by atoms with Crippen LogP contribution in [0, 0.1) is 12.7 Å². The van der Waals surface area contributed by atoms with Crippen LogP contribution in [0.3, 0.4) is 0 Å². The number of rotatable bonds is 1. The van der Waals surface area contributed by atoms with Gasteiger partial charge in [-0.1, -0.05) is 0 Å². The number of nitrogens with zero attached hydrogens (tertiary/aromatic N) is 2. The Labute approximate surface area is 93.1 Å². The van der Waals surface area contributed by atoms with E-state index in [1.807, 2.05) is 0 Å². The van der Waals surface area contributed by atoms with E-state index < -0.39 is 0 Å². The topological polar surface area (TPSA) is 25.8 Å². The highest BCUT2D eigenvalue weighted by molar-refractivity contribution is 9.10. The molecule has 0 aliphatic rings. The third-order valence-corrected chi connectivity index (χ3v) is 3.16. The summed E-state index contributed by atoms with van der Waals surface area (Å²) >= 11 is 4.46. The highest BCUT2D eigenvalue weighted by Crippen LogP contribution is 2.24. The Kier molecular flexibility index (Phi) is 2.60. The molecule has 0 saturated carbocycles. The number of halogens is 2. The van der Waals surface area contributed by atoms with Gasteiger partial charge in [0.1, 0.15) is 10.8 Å². The van der Waals surface area contributed by atoms with Crippen molar-refractivity contribution in [2.75, 3.05) is 0 Å². The number of hydrogen-bond donors (Lipinski definition) is 0. The van der Waals surface area contributed by atoms with Gasteiger partial charge < -0.3 is 0 Å². The lowest BCUT2D eigenvalue weighted by Gasteiger charge is -1.98. The monoisotopic (exact) mass is 272 g/mol. The molecule has 2 rings (SSSR count). The van der Waals surface area contributed by atoms with Crippen LogP contribution in [0.25, 0.3) is 10.6 Å². The second-order valence-electron chi connectivity index (χ2n) is 2.83. The molecule has 1 aromatic carbocycles. The van der Waals surface area contributed by atoms with Crippen LogP contribution in [-0.2, 0) is 0 Å². The minimum Gasteiger partial charge on any atom is -0.209 e. The Morgan fingerprint density at radius 1 is 1.43 bits per heavy atom. The van der Waals surface area contributed by atoms with E-state index in [1.165, 1.54) is 17.6 Å². The molecule has 2 nitrogen and oxygen atoms in total. The molecule has 0 bridgehead atoms. The molecule has 0 aliphatic carbocycles. The van der Waals surface area contributed by atoms with Crippen LogP contribution in [0.15, 0.2) is 22.9 Å². The van der Waals surface area contributed by atoms with Gasteiger partial charge in [0.25, 0.3) is 0 Å².